The minimum Gasteiger partial charge on any atom is -0.492 e. The van der Waals surface area contributed by atoms with Gasteiger partial charge < -0.3 is 15.4 Å². The number of anilines is 1. The SMILES string of the molecule is CCOc1ccccc1NC(=O)CC(=O)NCc1cccnc1. The monoisotopic (exact) mass is 313 g/mol. The Kier molecular flexibility index (Phi) is 6.11. The summed E-state index contributed by atoms with van der Waals surface area (Å²) in [6.07, 6.45) is 3.08. The summed E-state index contributed by atoms with van der Waals surface area (Å²) in [4.78, 5) is 27.7. The summed E-state index contributed by atoms with van der Waals surface area (Å²) in [7, 11) is 0. The van der Waals surface area contributed by atoms with Gasteiger partial charge in [-0.15, -0.1) is 0 Å². The highest BCUT2D eigenvalue weighted by Crippen LogP contribution is 2.23. The first kappa shape index (κ1) is 16.5. The molecule has 0 aliphatic heterocycles. The normalized spacial score (nSPS) is 9.96. The molecule has 6 nitrogen and oxygen atoms in total. The number of nitrogens with zero attached hydrogens (tertiary/aromatic N) is 1. The smallest absolute Gasteiger partial charge is 0.233 e. The van der Waals surface area contributed by atoms with Crippen LogP contribution in [0, 0.1) is 0 Å². The van der Waals surface area contributed by atoms with Gasteiger partial charge in [-0.2, -0.15) is 0 Å². The Morgan fingerprint density at radius 3 is 2.70 bits per heavy atom. The molecule has 120 valence electrons. The van der Waals surface area contributed by atoms with E-state index in [4.69, 9.17) is 4.74 Å². The molecule has 0 radical (unpaired) electrons. The highest BCUT2D eigenvalue weighted by molar-refractivity contribution is 6.04. The zero-order valence-corrected chi connectivity index (χ0v) is 12.9. The largest absolute Gasteiger partial charge is 0.492 e. The average molecular weight is 313 g/mol. The van der Waals surface area contributed by atoms with Crippen LogP contribution in [0.4, 0.5) is 5.69 Å². The molecule has 2 N–H and O–H groups in total. The van der Waals surface area contributed by atoms with E-state index in [1.54, 1.807) is 36.7 Å². The number of aromatic nitrogens is 1. The Morgan fingerprint density at radius 2 is 1.96 bits per heavy atom. The summed E-state index contributed by atoms with van der Waals surface area (Å²) < 4.78 is 5.43. The number of pyridine rings is 1. The van der Waals surface area contributed by atoms with E-state index in [-0.39, 0.29) is 18.2 Å². The van der Waals surface area contributed by atoms with E-state index >= 15 is 0 Å². The summed E-state index contributed by atoms with van der Waals surface area (Å²) in [5.41, 5.74) is 1.43. The van der Waals surface area contributed by atoms with Gasteiger partial charge in [0.1, 0.15) is 12.2 Å². The molecule has 1 aromatic heterocycles. The summed E-state index contributed by atoms with van der Waals surface area (Å²) in [5.74, 6) is -0.153. The zero-order chi connectivity index (χ0) is 16.5. The fourth-order valence-electron chi connectivity index (χ4n) is 1.96. The highest BCUT2D eigenvalue weighted by atomic mass is 16.5. The third kappa shape index (κ3) is 5.43. The topological polar surface area (TPSA) is 80.3 Å². The number of hydrogen-bond acceptors (Lipinski definition) is 4. The van der Waals surface area contributed by atoms with Crippen LogP contribution in [0.25, 0.3) is 0 Å². The number of hydrogen-bond donors (Lipinski definition) is 2. The first-order valence-electron chi connectivity index (χ1n) is 7.36. The van der Waals surface area contributed by atoms with Crippen molar-refractivity contribution in [2.75, 3.05) is 11.9 Å². The number of nitrogens with one attached hydrogen (secondary N) is 2. The highest BCUT2D eigenvalue weighted by Gasteiger charge is 2.11. The Balaban J connectivity index is 1.83. The molecule has 1 heterocycles. The number of amides is 2. The van der Waals surface area contributed by atoms with E-state index in [1.807, 2.05) is 19.1 Å². The molecule has 0 bridgehead atoms. The van der Waals surface area contributed by atoms with Crippen LogP contribution in [0.1, 0.15) is 18.9 Å². The van der Waals surface area contributed by atoms with Crippen molar-refractivity contribution in [2.45, 2.75) is 19.9 Å². The molecule has 23 heavy (non-hydrogen) atoms. The number of rotatable bonds is 7. The minimum absolute atomic E-state index is 0.249. The molecule has 0 saturated carbocycles. The van der Waals surface area contributed by atoms with E-state index < -0.39 is 0 Å². The fraction of sp³-hybridized carbons (Fsp3) is 0.235. The summed E-state index contributed by atoms with van der Waals surface area (Å²) in [6.45, 7) is 2.71. The van der Waals surface area contributed by atoms with Crippen LogP contribution in [0.3, 0.4) is 0 Å². The van der Waals surface area contributed by atoms with E-state index in [9.17, 15) is 9.59 Å². The van der Waals surface area contributed by atoms with Gasteiger partial charge in [0.2, 0.25) is 11.8 Å². The van der Waals surface area contributed by atoms with Crippen LogP contribution in [0.2, 0.25) is 0 Å². The van der Waals surface area contributed by atoms with E-state index in [0.29, 0.717) is 24.6 Å². The second-order valence-electron chi connectivity index (χ2n) is 4.79. The first-order chi connectivity index (χ1) is 11.2. The van der Waals surface area contributed by atoms with Crippen molar-refractivity contribution < 1.29 is 14.3 Å². The van der Waals surface area contributed by atoms with Crippen molar-refractivity contribution in [3.8, 4) is 5.75 Å². The zero-order valence-electron chi connectivity index (χ0n) is 12.9. The van der Waals surface area contributed by atoms with Crippen molar-refractivity contribution in [2.24, 2.45) is 0 Å². The molecule has 2 amide bonds. The Labute approximate surface area is 134 Å². The lowest BCUT2D eigenvalue weighted by Crippen LogP contribution is -2.27. The molecule has 0 aliphatic carbocycles. The number of carbonyl (C=O) groups is 2. The van der Waals surface area contributed by atoms with Crippen molar-refractivity contribution in [1.29, 1.82) is 0 Å². The van der Waals surface area contributed by atoms with Crippen LogP contribution in [0.15, 0.2) is 48.8 Å². The predicted octanol–water partition coefficient (Wildman–Crippen LogP) is 2.13. The molecule has 0 atom stereocenters. The van der Waals surface area contributed by atoms with Gasteiger partial charge in [0.15, 0.2) is 0 Å². The van der Waals surface area contributed by atoms with Crippen LogP contribution in [-0.2, 0) is 16.1 Å². The van der Waals surface area contributed by atoms with Gasteiger partial charge in [0.25, 0.3) is 0 Å². The maximum Gasteiger partial charge on any atom is 0.233 e. The lowest BCUT2D eigenvalue weighted by molar-refractivity contribution is -0.126. The summed E-state index contributed by atoms with van der Waals surface area (Å²) in [5, 5.41) is 5.37. The third-order valence-electron chi connectivity index (χ3n) is 2.99. The molecule has 0 spiro atoms. The van der Waals surface area contributed by atoms with Crippen molar-refractivity contribution in [3.63, 3.8) is 0 Å². The number of ether oxygens (including phenoxy) is 1. The average Bonchev–Trinajstić information content (AvgIpc) is 2.56. The van der Waals surface area contributed by atoms with Crippen LogP contribution in [-0.4, -0.2) is 23.4 Å². The summed E-state index contributed by atoms with van der Waals surface area (Å²) in [6, 6.07) is 10.8. The van der Waals surface area contributed by atoms with Gasteiger partial charge in [-0.3, -0.25) is 14.6 Å². The molecule has 2 rings (SSSR count). The van der Waals surface area contributed by atoms with Crippen molar-refractivity contribution in [1.82, 2.24) is 10.3 Å². The van der Waals surface area contributed by atoms with Gasteiger partial charge in [0, 0.05) is 18.9 Å². The first-order valence-corrected chi connectivity index (χ1v) is 7.36. The maximum atomic E-state index is 12.0. The second kappa shape index (κ2) is 8.53. The lowest BCUT2D eigenvalue weighted by Gasteiger charge is -2.11. The third-order valence-corrected chi connectivity index (χ3v) is 2.99. The fourth-order valence-corrected chi connectivity index (χ4v) is 1.96. The number of benzene rings is 1. The number of carbonyl (C=O) groups excluding carboxylic acids is 2. The molecular formula is C17H19N3O3. The molecule has 0 saturated heterocycles. The Hall–Kier alpha value is -2.89. The van der Waals surface area contributed by atoms with E-state index in [1.165, 1.54) is 0 Å². The molecule has 0 aliphatic rings. The van der Waals surface area contributed by atoms with Gasteiger partial charge >= 0.3 is 0 Å². The van der Waals surface area contributed by atoms with Gasteiger partial charge in [-0.25, -0.2) is 0 Å². The molecule has 0 unspecified atom stereocenters. The quantitative estimate of drug-likeness (QED) is 0.767. The van der Waals surface area contributed by atoms with Crippen LogP contribution >= 0.6 is 0 Å². The minimum atomic E-state index is -0.388. The molecule has 2 aromatic rings. The molecule has 6 heteroatoms. The van der Waals surface area contributed by atoms with Crippen molar-refractivity contribution >= 4 is 17.5 Å². The van der Waals surface area contributed by atoms with E-state index in [2.05, 4.69) is 15.6 Å². The van der Waals surface area contributed by atoms with Crippen LogP contribution in [0.5, 0.6) is 5.75 Å². The maximum absolute atomic E-state index is 12.0. The number of para-hydroxylation sites is 2. The van der Waals surface area contributed by atoms with Gasteiger partial charge in [-0.1, -0.05) is 18.2 Å². The predicted molar refractivity (Wildman–Crippen MR) is 86.9 cm³/mol. The lowest BCUT2D eigenvalue weighted by atomic mass is 10.2. The second-order valence-corrected chi connectivity index (χ2v) is 4.79. The van der Waals surface area contributed by atoms with E-state index in [0.717, 1.165) is 5.56 Å². The Bertz CT molecular complexity index is 659. The molecule has 1 aromatic carbocycles. The standard InChI is InChI=1S/C17H19N3O3/c1-2-23-15-8-4-3-7-14(15)20-17(22)10-16(21)19-12-13-6-5-9-18-11-13/h3-9,11H,2,10,12H2,1H3,(H,19,21)(H,20,22). The summed E-state index contributed by atoms with van der Waals surface area (Å²) >= 11 is 0. The van der Waals surface area contributed by atoms with Crippen LogP contribution < -0.4 is 15.4 Å². The van der Waals surface area contributed by atoms with Crippen molar-refractivity contribution in [3.05, 3.63) is 54.4 Å². The van der Waals surface area contributed by atoms with Gasteiger partial charge in [-0.05, 0) is 30.7 Å². The van der Waals surface area contributed by atoms with Gasteiger partial charge in [0.05, 0.1) is 12.3 Å². The molecular weight excluding hydrogens is 294 g/mol. The Morgan fingerprint density at radius 1 is 1.13 bits per heavy atom. The molecule has 0 fully saturated rings.